The van der Waals surface area contributed by atoms with E-state index in [0.29, 0.717) is 11.8 Å². The van der Waals surface area contributed by atoms with Crippen LogP contribution in [0.25, 0.3) is 0 Å². The fourth-order valence-corrected chi connectivity index (χ4v) is 1.84. The van der Waals surface area contributed by atoms with E-state index in [1.165, 1.54) is 18.2 Å². The molecule has 0 radical (unpaired) electrons. The lowest BCUT2D eigenvalue weighted by Gasteiger charge is -2.13. The molecule has 0 aliphatic carbocycles. The summed E-state index contributed by atoms with van der Waals surface area (Å²) in [7, 11) is 0. The summed E-state index contributed by atoms with van der Waals surface area (Å²) in [4.78, 5) is 0. The monoisotopic (exact) mass is 298 g/mol. The van der Waals surface area contributed by atoms with Crippen molar-refractivity contribution in [2.45, 2.75) is 25.7 Å². The number of hydrogen-bond acceptors (Lipinski definition) is 0. The van der Waals surface area contributed by atoms with Crippen molar-refractivity contribution in [3.63, 3.8) is 0 Å². The van der Waals surface area contributed by atoms with Gasteiger partial charge in [-0.25, -0.2) is 17.6 Å². The molecule has 0 nitrogen and oxygen atoms in total. The van der Waals surface area contributed by atoms with Crippen molar-refractivity contribution in [3.05, 3.63) is 34.9 Å². The summed E-state index contributed by atoms with van der Waals surface area (Å²) in [6.07, 6.45) is -4.61. The second-order valence-electron chi connectivity index (χ2n) is 3.31. The Kier molecular flexibility index (Phi) is 5.25. The Morgan fingerprint density at radius 1 is 1.00 bits per heavy atom. The Morgan fingerprint density at radius 3 is 1.88 bits per heavy atom. The van der Waals surface area contributed by atoms with Crippen LogP contribution in [0.3, 0.4) is 0 Å². The van der Waals surface area contributed by atoms with Crippen LogP contribution in [-0.2, 0) is 6.42 Å². The molecule has 0 aliphatic rings. The van der Waals surface area contributed by atoms with Gasteiger partial charge in [0.1, 0.15) is 0 Å². The van der Waals surface area contributed by atoms with Gasteiger partial charge in [0.25, 0.3) is 12.9 Å². The Hall–Kier alpha value is -0.580. The average molecular weight is 299 g/mol. The van der Waals surface area contributed by atoms with E-state index in [0.717, 1.165) is 0 Å². The van der Waals surface area contributed by atoms with Gasteiger partial charge in [0.15, 0.2) is 0 Å². The molecule has 0 fully saturated rings. The van der Waals surface area contributed by atoms with Gasteiger partial charge in [-0.3, -0.25) is 0 Å². The normalized spacial score (nSPS) is 11.4. The molecule has 0 spiro atoms. The minimum atomic E-state index is -2.70. The van der Waals surface area contributed by atoms with Crippen LogP contribution >= 0.6 is 15.9 Å². The van der Waals surface area contributed by atoms with Gasteiger partial charge in [0.05, 0.1) is 0 Å². The van der Waals surface area contributed by atoms with Crippen LogP contribution < -0.4 is 0 Å². The zero-order chi connectivity index (χ0) is 12.1. The molecule has 1 rings (SSSR count). The van der Waals surface area contributed by atoms with Crippen LogP contribution in [0, 0.1) is 0 Å². The molecule has 0 aliphatic heterocycles. The predicted octanol–water partition coefficient (Wildman–Crippen LogP) is 4.89. The van der Waals surface area contributed by atoms with Gasteiger partial charge in [-0.1, -0.05) is 34.1 Å². The number of alkyl halides is 5. The highest BCUT2D eigenvalue weighted by Gasteiger charge is 2.19. The van der Waals surface area contributed by atoms with Gasteiger partial charge >= 0.3 is 0 Å². The maximum Gasteiger partial charge on any atom is 0.264 e. The lowest BCUT2D eigenvalue weighted by atomic mass is 9.97. The van der Waals surface area contributed by atoms with Crippen LogP contribution in [0.1, 0.15) is 36.0 Å². The minimum absolute atomic E-state index is 0.0898. The standard InChI is InChI=1S/C11H11BrF4/c12-6-2-5-7-8(10(13)14)3-1-4-9(7)11(15)16/h1,3-4,10-11H,2,5-6H2. The Labute approximate surface area is 99.8 Å². The Bertz CT molecular complexity index is 313. The van der Waals surface area contributed by atoms with Crippen molar-refractivity contribution in [2.75, 3.05) is 5.33 Å². The van der Waals surface area contributed by atoms with Crippen LogP contribution in [0.5, 0.6) is 0 Å². The predicted molar refractivity (Wildman–Crippen MR) is 58.5 cm³/mol. The molecule has 16 heavy (non-hydrogen) atoms. The van der Waals surface area contributed by atoms with E-state index < -0.39 is 12.9 Å². The molecule has 0 amide bonds. The largest absolute Gasteiger partial charge is 0.264 e. The Morgan fingerprint density at radius 2 is 1.50 bits per heavy atom. The van der Waals surface area contributed by atoms with Crippen LogP contribution in [0.2, 0.25) is 0 Å². The highest BCUT2D eigenvalue weighted by Crippen LogP contribution is 2.31. The topological polar surface area (TPSA) is 0 Å². The molecular formula is C11H11BrF4. The first kappa shape index (κ1) is 13.5. The fourth-order valence-electron chi connectivity index (χ4n) is 1.56. The first-order valence-corrected chi connectivity index (χ1v) is 5.94. The summed E-state index contributed by atoms with van der Waals surface area (Å²) >= 11 is 3.16. The number of benzene rings is 1. The summed E-state index contributed by atoms with van der Waals surface area (Å²) < 4.78 is 50.6. The summed E-state index contributed by atoms with van der Waals surface area (Å²) in [6.45, 7) is 0. The summed E-state index contributed by atoms with van der Waals surface area (Å²) in [6, 6.07) is 3.67. The van der Waals surface area contributed by atoms with E-state index >= 15 is 0 Å². The van der Waals surface area contributed by atoms with Gasteiger partial charge in [0, 0.05) is 16.5 Å². The van der Waals surface area contributed by atoms with Crippen molar-refractivity contribution in [2.24, 2.45) is 0 Å². The molecule has 0 N–H and O–H groups in total. The van der Waals surface area contributed by atoms with E-state index in [9.17, 15) is 17.6 Å². The molecular weight excluding hydrogens is 288 g/mol. The van der Waals surface area contributed by atoms with E-state index in [-0.39, 0.29) is 23.1 Å². The van der Waals surface area contributed by atoms with E-state index in [1.54, 1.807) is 0 Å². The second kappa shape index (κ2) is 6.23. The molecule has 0 saturated heterocycles. The summed E-state index contributed by atoms with van der Waals surface area (Å²) in [5.41, 5.74) is -0.468. The van der Waals surface area contributed by atoms with Gasteiger partial charge in [0.2, 0.25) is 0 Å². The van der Waals surface area contributed by atoms with E-state index in [1.807, 2.05) is 0 Å². The first-order chi connectivity index (χ1) is 7.57. The van der Waals surface area contributed by atoms with Crippen LogP contribution in [0.15, 0.2) is 18.2 Å². The smallest absolute Gasteiger partial charge is 0.205 e. The van der Waals surface area contributed by atoms with Crippen molar-refractivity contribution in [1.29, 1.82) is 0 Å². The molecule has 0 heterocycles. The van der Waals surface area contributed by atoms with Gasteiger partial charge in [-0.2, -0.15) is 0 Å². The molecule has 0 saturated carbocycles. The quantitative estimate of drug-likeness (QED) is 0.536. The van der Waals surface area contributed by atoms with Crippen molar-refractivity contribution < 1.29 is 17.6 Å². The minimum Gasteiger partial charge on any atom is -0.205 e. The highest BCUT2D eigenvalue weighted by molar-refractivity contribution is 9.09. The maximum absolute atomic E-state index is 12.6. The number of halogens is 5. The third kappa shape index (κ3) is 3.20. The summed E-state index contributed by atoms with van der Waals surface area (Å²) in [5, 5.41) is 0.604. The summed E-state index contributed by atoms with van der Waals surface area (Å²) in [5.74, 6) is 0. The number of hydrogen-bond donors (Lipinski definition) is 0. The Balaban J connectivity index is 3.12. The van der Waals surface area contributed by atoms with Crippen LogP contribution in [0.4, 0.5) is 17.6 Å². The average Bonchev–Trinajstić information content (AvgIpc) is 2.25. The van der Waals surface area contributed by atoms with Crippen LogP contribution in [-0.4, -0.2) is 5.33 Å². The number of rotatable bonds is 5. The molecule has 0 aromatic heterocycles. The third-order valence-corrected chi connectivity index (χ3v) is 2.84. The van der Waals surface area contributed by atoms with Gasteiger partial charge < -0.3 is 0 Å². The maximum atomic E-state index is 12.6. The van der Waals surface area contributed by atoms with Gasteiger partial charge in [-0.05, 0) is 18.4 Å². The van der Waals surface area contributed by atoms with E-state index in [2.05, 4.69) is 15.9 Å². The zero-order valence-corrected chi connectivity index (χ0v) is 9.98. The molecule has 0 bridgehead atoms. The molecule has 1 aromatic rings. The fraction of sp³-hybridized carbons (Fsp3) is 0.455. The third-order valence-electron chi connectivity index (χ3n) is 2.28. The first-order valence-electron chi connectivity index (χ1n) is 4.82. The molecule has 5 heteroatoms. The van der Waals surface area contributed by atoms with Crippen molar-refractivity contribution in [3.8, 4) is 0 Å². The highest BCUT2D eigenvalue weighted by atomic mass is 79.9. The zero-order valence-electron chi connectivity index (χ0n) is 8.40. The van der Waals surface area contributed by atoms with Gasteiger partial charge in [-0.15, -0.1) is 0 Å². The lowest BCUT2D eigenvalue weighted by Crippen LogP contribution is -2.02. The molecule has 0 unspecified atom stereocenters. The van der Waals surface area contributed by atoms with Crippen molar-refractivity contribution in [1.82, 2.24) is 0 Å². The molecule has 0 atom stereocenters. The molecule has 1 aromatic carbocycles. The molecule has 90 valence electrons. The van der Waals surface area contributed by atoms with Crippen molar-refractivity contribution >= 4 is 15.9 Å². The lowest BCUT2D eigenvalue weighted by molar-refractivity contribution is 0.141. The van der Waals surface area contributed by atoms with E-state index in [4.69, 9.17) is 0 Å². The second-order valence-corrected chi connectivity index (χ2v) is 4.10. The SMILES string of the molecule is FC(F)c1cccc(C(F)F)c1CCCBr.